The van der Waals surface area contributed by atoms with Crippen molar-refractivity contribution in [2.24, 2.45) is 0 Å². The summed E-state index contributed by atoms with van der Waals surface area (Å²) in [5, 5.41) is 0. The van der Waals surface area contributed by atoms with E-state index in [1.54, 1.807) is 0 Å². The summed E-state index contributed by atoms with van der Waals surface area (Å²) >= 11 is 6.12. The van der Waals surface area contributed by atoms with Crippen LogP contribution in [0.4, 0.5) is 5.82 Å². The zero-order valence-electron chi connectivity index (χ0n) is 12.9. The van der Waals surface area contributed by atoms with Crippen molar-refractivity contribution in [3.05, 3.63) is 95.7 Å². The Morgan fingerprint density at radius 3 is 1.83 bits per heavy atom. The van der Waals surface area contributed by atoms with Crippen molar-refractivity contribution >= 4 is 17.4 Å². The van der Waals surface area contributed by atoms with E-state index in [-0.39, 0.29) is 0 Å². The third kappa shape index (κ3) is 4.11. The van der Waals surface area contributed by atoms with Crippen molar-refractivity contribution in [3.8, 4) is 0 Å². The van der Waals surface area contributed by atoms with Gasteiger partial charge in [-0.05, 0) is 17.2 Å². The van der Waals surface area contributed by atoms with Gasteiger partial charge in [-0.25, -0.2) is 4.98 Å². The Morgan fingerprint density at radius 1 is 0.739 bits per heavy atom. The maximum Gasteiger partial charge on any atom is 0.133 e. The molecule has 0 aliphatic heterocycles. The number of benzene rings is 2. The van der Waals surface area contributed by atoms with E-state index in [9.17, 15) is 0 Å². The highest BCUT2D eigenvalue weighted by Crippen LogP contribution is 2.23. The van der Waals surface area contributed by atoms with Crippen LogP contribution in [0.15, 0.2) is 79.0 Å². The van der Waals surface area contributed by atoms with Gasteiger partial charge in [-0.2, -0.15) is 0 Å². The summed E-state index contributed by atoms with van der Waals surface area (Å²) in [6, 6.07) is 24.9. The molecular formula is C20H19ClN2. The standard InChI is InChI=1S/C20H19ClN2/c21-14-19-12-7-13-22-20(19)23(15-17-8-3-1-4-9-17)16-18-10-5-2-6-11-18/h1-13H,14-16H2. The van der Waals surface area contributed by atoms with Crippen LogP contribution in [-0.2, 0) is 19.0 Å². The molecule has 2 aromatic carbocycles. The molecule has 0 fully saturated rings. The number of hydrogen-bond donors (Lipinski definition) is 0. The first-order valence-corrected chi connectivity index (χ1v) is 8.23. The second kappa shape index (κ2) is 7.80. The summed E-state index contributed by atoms with van der Waals surface area (Å²) < 4.78 is 0. The second-order valence-electron chi connectivity index (χ2n) is 5.45. The van der Waals surface area contributed by atoms with Crippen molar-refractivity contribution in [3.63, 3.8) is 0 Å². The number of rotatable bonds is 6. The summed E-state index contributed by atoms with van der Waals surface area (Å²) in [7, 11) is 0. The monoisotopic (exact) mass is 322 g/mol. The molecule has 0 aliphatic carbocycles. The van der Waals surface area contributed by atoms with E-state index < -0.39 is 0 Å². The SMILES string of the molecule is ClCc1cccnc1N(Cc1ccccc1)Cc1ccccc1. The highest BCUT2D eigenvalue weighted by Gasteiger charge is 2.13. The van der Waals surface area contributed by atoms with Gasteiger partial charge in [-0.3, -0.25) is 0 Å². The molecule has 116 valence electrons. The van der Waals surface area contributed by atoms with E-state index in [0.29, 0.717) is 5.88 Å². The summed E-state index contributed by atoms with van der Waals surface area (Å²) in [6.45, 7) is 1.60. The molecule has 0 saturated carbocycles. The Labute approximate surface area is 142 Å². The first kappa shape index (κ1) is 15.6. The van der Waals surface area contributed by atoms with Crippen LogP contribution in [0.2, 0.25) is 0 Å². The highest BCUT2D eigenvalue weighted by atomic mass is 35.5. The number of nitrogens with zero attached hydrogens (tertiary/aromatic N) is 2. The molecule has 0 aliphatic rings. The van der Waals surface area contributed by atoms with E-state index in [1.165, 1.54) is 11.1 Å². The molecule has 1 heterocycles. The van der Waals surface area contributed by atoms with Crippen LogP contribution in [0.3, 0.4) is 0 Å². The minimum Gasteiger partial charge on any atom is -0.348 e. The van der Waals surface area contributed by atoms with Gasteiger partial charge in [0.1, 0.15) is 5.82 Å². The van der Waals surface area contributed by atoms with Gasteiger partial charge >= 0.3 is 0 Å². The van der Waals surface area contributed by atoms with Crippen LogP contribution in [0.25, 0.3) is 0 Å². The first-order valence-electron chi connectivity index (χ1n) is 7.69. The lowest BCUT2D eigenvalue weighted by Gasteiger charge is -2.26. The van der Waals surface area contributed by atoms with Crippen LogP contribution in [-0.4, -0.2) is 4.98 Å². The zero-order chi connectivity index (χ0) is 15.9. The largest absolute Gasteiger partial charge is 0.348 e. The summed E-state index contributed by atoms with van der Waals surface area (Å²) in [5.74, 6) is 1.42. The van der Waals surface area contributed by atoms with Crippen molar-refractivity contribution in [1.82, 2.24) is 4.98 Å². The van der Waals surface area contributed by atoms with E-state index in [2.05, 4.69) is 58.4 Å². The smallest absolute Gasteiger partial charge is 0.133 e. The summed E-state index contributed by atoms with van der Waals surface area (Å²) in [6.07, 6.45) is 1.83. The Balaban J connectivity index is 1.92. The lowest BCUT2D eigenvalue weighted by atomic mass is 10.1. The molecule has 0 unspecified atom stereocenters. The van der Waals surface area contributed by atoms with Crippen molar-refractivity contribution in [2.45, 2.75) is 19.0 Å². The van der Waals surface area contributed by atoms with Gasteiger partial charge in [-0.1, -0.05) is 66.7 Å². The van der Waals surface area contributed by atoms with Gasteiger partial charge in [0.25, 0.3) is 0 Å². The fraction of sp³-hybridized carbons (Fsp3) is 0.150. The van der Waals surface area contributed by atoms with Crippen LogP contribution >= 0.6 is 11.6 Å². The molecule has 3 heteroatoms. The van der Waals surface area contributed by atoms with Crippen LogP contribution in [0, 0.1) is 0 Å². The molecule has 0 radical (unpaired) electrons. The number of halogens is 1. The van der Waals surface area contributed by atoms with Gasteiger partial charge < -0.3 is 4.90 Å². The molecular weight excluding hydrogens is 304 g/mol. The summed E-state index contributed by atoms with van der Waals surface area (Å²) in [5.41, 5.74) is 3.57. The molecule has 0 spiro atoms. The molecule has 2 nitrogen and oxygen atoms in total. The predicted octanol–water partition coefficient (Wildman–Crippen LogP) is 5.03. The van der Waals surface area contributed by atoms with E-state index >= 15 is 0 Å². The summed E-state index contributed by atoms with van der Waals surface area (Å²) in [4.78, 5) is 6.86. The molecule has 0 bridgehead atoms. The predicted molar refractivity (Wildman–Crippen MR) is 96.6 cm³/mol. The van der Waals surface area contributed by atoms with Crippen molar-refractivity contribution < 1.29 is 0 Å². The molecule has 1 aromatic heterocycles. The molecule has 23 heavy (non-hydrogen) atoms. The van der Waals surface area contributed by atoms with E-state index in [0.717, 1.165) is 24.5 Å². The number of hydrogen-bond acceptors (Lipinski definition) is 2. The minimum atomic E-state index is 0.462. The lowest BCUT2D eigenvalue weighted by Crippen LogP contribution is -2.24. The Kier molecular flexibility index (Phi) is 5.28. The highest BCUT2D eigenvalue weighted by molar-refractivity contribution is 6.17. The topological polar surface area (TPSA) is 16.1 Å². The lowest BCUT2D eigenvalue weighted by molar-refractivity contribution is 0.778. The Hall–Kier alpha value is -2.32. The molecule has 0 atom stereocenters. The minimum absolute atomic E-state index is 0.462. The molecule has 0 saturated heterocycles. The quantitative estimate of drug-likeness (QED) is 0.592. The van der Waals surface area contributed by atoms with Gasteiger partial charge in [0, 0.05) is 24.8 Å². The first-order chi connectivity index (χ1) is 11.4. The van der Waals surface area contributed by atoms with Gasteiger partial charge in [0.15, 0.2) is 0 Å². The van der Waals surface area contributed by atoms with Crippen molar-refractivity contribution in [2.75, 3.05) is 4.90 Å². The molecule has 0 amide bonds. The fourth-order valence-corrected chi connectivity index (χ4v) is 2.84. The maximum atomic E-state index is 6.12. The number of pyridine rings is 1. The van der Waals surface area contributed by atoms with Gasteiger partial charge in [0.05, 0.1) is 5.88 Å². The fourth-order valence-electron chi connectivity index (χ4n) is 2.63. The van der Waals surface area contributed by atoms with Gasteiger partial charge in [0.2, 0.25) is 0 Å². The number of anilines is 1. The van der Waals surface area contributed by atoms with E-state index in [4.69, 9.17) is 11.6 Å². The van der Waals surface area contributed by atoms with Crippen LogP contribution in [0.5, 0.6) is 0 Å². The third-order valence-electron chi connectivity index (χ3n) is 3.74. The third-order valence-corrected chi connectivity index (χ3v) is 4.03. The zero-order valence-corrected chi connectivity index (χ0v) is 13.7. The average molecular weight is 323 g/mol. The van der Waals surface area contributed by atoms with E-state index in [1.807, 2.05) is 30.5 Å². The Morgan fingerprint density at radius 2 is 1.30 bits per heavy atom. The Bertz CT molecular complexity index is 687. The second-order valence-corrected chi connectivity index (χ2v) is 5.71. The number of alkyl halides is 1. The molecule has 0 N–H and O–H groups in total. The normalized spacial score (nSPS) is 10.5. The molecule has 3 rings (SSSR count). The maximum absolute atomic E-state index is 6.12. The average Bonchev–Trinajstić information content (AvgIpc) is 2.63. The number of aromatic nitrogens is 1. The molecule has 3 aromatic rings. The van der Waals surface area contributed by atoms with Gasteiger partial charge in [-0.15, -0.1) is 11.6 Å². The van der Waals surface area contributed by atoms with Crippen LogP contribution < -0.4 is 4.90 Å². The van der Waals surface area contributed by atoms with Crippen LogP contribution in [0.1, 0.15) is 16.7 Å². The van der Waals surface area contributed by atoms with Crippen molar-refractivity contribution in [1.29, 1.82) is 0 Å².